The van der Waals surface area contributed by atoms with Crippen molar-refractivity contribution in [1.82, 2.24) is 14.9 Å². The van der Waals surface area contributed by atoms with E-state index in [2.05, 4.69) is 10.6 Å². The molecule has 0 saturated heterocycles. The van der Waals surface area contributed by atoms with Crippen LogP contribution in [0.5, 0.6) is 0 Å². The number of nitrogens with zero attached hydrogens (tertiary/aromatic N) is 1. The lowest BCUT2D eigenvalue weighted by molar-refractivity contribution is 0.232. The Kier molecular flexibility index (Phi) is 7.25. The summed E-state index contributed by atoms with van der Waals surface area (Å²) >= 11 is 0. The number of sulfonamides is 1. The molecule has 0 spiro atoms. The topological polar surface area (TPSA) is 78.5 Å². The third-order valence-corrected chi connectivity index (χ3v) is 6.72. The highest BCUT2D eigenvalue weighted by molar-refractivity contribution is 7.89. The zero-order valence-corrected chi connectivity index (χ0v) is 15.9. The van der Waals surface area contributed by atoms with Gasteiger partial charge >= 0.3 is 6.03 Å². The van der Waals surface area contributed by atoms with Crippen LogP contribution in [-0.4, -0.2) is 37.9 Å². The second-order valence-corrected chi connectivity index (χ2v) is 8.33. The molecule has 1 fully saturated rings. The second kappa shape index (κ2) is 9.20. The number of nitrogens with one attached hydrogen (secondary N) is 2. The van der Waals surface area contributed by atoms with Gasteiger partial charge < -0.3 is 10.6 Å². The summed E-state index contributed by atoms with van der Waals surface area (Å²) in [7, 11) is -3.43. The number of amides is 2. The quantitative estimate of drug-likeness (QED) is 0.778. The van der Waals surface area contributed by atoms with E-state index in [4.69, 9.17) is 0 Å². The van der Waals surface area contributed by atoms with Crippen LogP contribution in [0.2, 0.25) is 0 Å². The van der Waals surface area contributed by atoms with E-state index in [1.165, 1.54) is 23.6 Å². The van der Waals surface area contributed by atoms with Gasteiger partial charge in [0.15, 0.2) is 0 Å². The Morgan fingerprint density at radius 2 is 1.68 bits per heavy atom. The predicted octanol–water partition coefficient (Wildman–Crippen LogP) is 2.85. The molecule has 0 aromatic heterocycles. The largest absolute Gasteiger partial charge is 0.335 e. The third kappa shape index (κ3) is 5.44. The summed E-state index contributed by atoms with van der Waals surface area (Å²) in [6, 6.07) is 6.81. The fraction of sp³-hybridized carbons (Fsp3) is 0.611. The van der Waals surface area contributed by atoms with Crippen molar-refractivity contribution in [3.8, 4) is 0 Å². The molecular formula is C18H29N3O3S. The maximum Gasteiger partial charge on any atom is 0.315 e. The monoisotopic (exact) mass is 367 g/mol. The Balaban J connectivity index is 1.88. The van der Waals surface area contributed by atoms with Crippen LogP contribution in [0.15, 0.2) is 29.2 Å². The van der Waals surface area contributed by atoms with Crippen LogP contribution in [-0.2, 0) is 16.6 Å². The molecule has 1 saturated carbocycles. The SMILES string of the molecule is CCN(CC)S(=O)(=O)c1ccc(CNC(=O)NC2CCCCC2)cc1. The minimum atomic E-state index is -3.43. The zero-order chi connectivity index (χ0) is 18.3. The molecule has 2 amide bonds. The molecule has 0 bridgehead atoms. The third-order valence-electron chi connectivity index (χ3n) is 4.66. The lowest BCUT2D eigenvalue weighted by Crippen LogP contribution is -2.42. The van der Waals surface area contributed by atoms with Crippen molar-refractivity contribution in [3.63, 3.8) is 0 Å². The second-order valence-electron chi connectivity index (χ2n) is 6.40. The average molecular weight is 368 g/mol. The number of carbonyl (C=O) groups excluding carboxylic acids is 1. The van der Waals surface area contributed by atoms with E-state index in [1.807, 2.05) is 13.8 Å². The van der Waals surface area contributed by atoms with Crippen molar-refractivity contribution in [2.45, 2.75) is 63.4 Å². The Labute approximate surface area is 151 Å². The van der Waals surface area contributed by atoms with Crippen LogP contribution in [0.4, 0.5) is 4.79 Å². The average Bonchev–Trinajstić information content (AvgIpc) is 2.62. The lowest BCUT2D eigenvalue weighted by Gasteiger charge is -2.22. The van der Waals surface area contributed by atoms with Crippen molar-refractivity contribution in [3.05, 3.63) is 29.8 Å². The molecule has 1 aliphatic rings. The van der Waals surface area contributed by atoms with Gasteiger partial charge in [0.05, 0.1) is 4.90 Å². The first-order chi connectivity index (χ1) is 12.0. The fourth-order valence-electron chi connectivity index (χ4n) is 3.16. The van der Waals surface area contributed by atoms with Crippen LogP contribution in [0.3, 0.4) is 0 Å². The molecule has 25 heavy (non-hydrogen) atoms. The van der Waals surface area contributed by atoms with Crippen molar-refractivity contribution in [2.24, 2.45) is 0 Å². The highest BCUT2D eigenvalue weighted by Crippen LogP contribution is 2.18. The van der Waals surface area contributed by atoms with Crippen molar-refractivity contribution in [1.29, 1.82) is 0 Å². The van der Waals surface area contributed by atoms with Crippen LogP contribution in [0.25, 0.3) is 0 Å². The van der Waals surface area contributed by atoms with E-state index in [9.17, 15) is 13.2 Å². The van der Waals surface area contributed by atoms with Crippen molar-refractivity contribution < 1.29 is 13.2 Å². The summed E-state index contributed by atoms with van der Waals surface area (Å²) < 4.78 is 26.3. The molecule has 0 unspecified atom stereocenters. The molecule has 0 atom stereocenters. The molecule has 1 aromatic rings. The van der Waals surface area contributed by atoms with Gasteiger partial charge in [0.1, 0.15) is 0 Å². The molecule has 140 valence electrons. The standard InChI is InChI=1S/C18H29N3O3S/c1-3-21(4-2)25(23,24)17-12-10-15(11-13-17)14-19-18(22)20-16-8-6-5-7-9-16/h10-13,16H,3-9,14H2,1-2H3,(H2,19,20,22). The number of rotatable bonds is 7. The number of carbonyl (C=O) groups is 1. The number of benzene rings is 1. The summed E-state index contributed by atoms with van der Waals surface area (Å²) in [5.41, 5.74) is 0.872. The van der Waals surface area contributed by atoms with Gasteiger partial charge in [-0.25, -0.2) is 13.2 Å². The minimum absolute atomic E-state index is 0.160. The summed E-state index contributed by atoms with van der Waals surface area (Å²) in [5, 5.41) is 5.84. The van der Waals surface area contributed by atoms with E-state index in [0.29, 0.717) is 19.6 Å². The Bertz CT molecular complexity index is 649. The summed E-state index contributed by atoms with van der Waals surface area (Å²) in [6.07, 6.45) is 5.69. The fourth-order valence-corrected chi connectivity index (χ4v) is 4.62. The maximum absolute atomic E-state index is 12.4. The maximum atomic E-state index is 12.4. The molecule has 6 nitrogen and oxygen atoms in total. The van der Waals surface area contributed by atoms with Gasteiger partial charge in [-0.3, -0.25) is 0 Å². The van der Waals surface area contributed by atoms with Crippen molar-refractivity contribution >= 4 is 16.1 Å². The molecule has 0 heterocycles. The first kappa shape index (κ1) is 19.7. The molecule has 2 N–H and O–H groups in total. The van der Waals surface area contributed by atoms with Gasteiger partial charge in [-0.05, 0) is 30.5 Å². The van der Waals surface area contributed by atoms with Gasteiger partial charge in [-0.1, -0.05) is 45.2 Å². The number of urea groups is 1. The van der Waals surface area contributed by atoms with E-state index >= 15 is 0 Å². The Hall–Kier alpha value is -1.60. The Morgan fingerprint density at radius 1 is 1.08 bits per heavy atom. The summed E-state index contributed by atoms with van der Waals surface area (Å²) in [4.78, 5) is 12.2. The molecule has 1 aliphatic carbocycles. The number of hydrogen-bond donors (Lipinski definition) is 2. The molecule has 7 heteroatoms. The molecular weight excluding hydrogens is 338 g/mol. The van der Waals surface area contributed by atoms with Crippen LogP contribution >= 0.6 is 0 Å². The molecule has 0 aliphatic heterocycles. The van der Waals surface area contributed by atoms with E-state index in [1.54, 1.807) is 24.3 Å². The Morgan fingerprint density at radius 3 is 2.24 bits per heavy atom. The normalized spacial score (nSPS) is 16.0. The van der Waals surface area contributed by atoms with E-state index in [0.717, 1.165) is 18.4 Å². The number of hydrogen-bond acceptors (Lipinski definition) is 3. The van der Waals surface area contributed by atoms with Crippen LogP contribution in [0, 0.1) is 0 Å². The first-order valence-corrected chi connectivity index (χ1v) is 10.5. The molecule has 2 rings (SSSR count). The van der Waals surface area contributed by atoms with Crippen molar-refractivity contribution in [2.75, 3.05) is 13.1 Å². The minimum Gasteiger partial charge on any atom is -0.335 e. The predicted molar refractivity (Wildman–Crippen MR) is 98.8 cm³/mol. The van der Waals surface area contributed by atoms with Gasteiger partial charge in [0.25, 0.3) is 0 Å². The van der Waals surface area contributed by atoms with Gasteiger partial charge in [-0.2, -0.15) is 4.31 Å². The first-order valence-electron chi connectivity index (χ1n) is 9.10. The van der Waals surface area contributed by atoms with Gasteiger partial charge in [0, 0.05) is 25.7 Å². The van der Waals surface area contributed by atoms with E-state index < -0.39 is 10.0 Å². The molecule has 0 radical (unpaired) electrons. The lowest BCUT2D eigenvalue weighted by atomic mass is 9.96. The molecule has 1 aromatic carbocycles. The van der Waals surface area contributed by atoms with Gasteiger partial charge in [-0.15, -0.1) is 0 Å². The smallest absolute Gasteiger partial charge is 0.315 e. The summed E-state index contributed by atoms with van der Waals surface area (Å²) in [6.45, 7) is 4.92. The van der Waals surface area contributed by atoms with E-state index in [-0.39, 0.29) is 17.0 Å². The van der Waals surface area contributed by atoms with Crippen LogP contribution < -0.4 is 10.6 Å². The summed E-state index contributed by atoms with van der Waals surface area (Å²) in [5.74, 6) is 0. The zero-order valence-electron chi connectivity index (χ0n) is 15.1. The highest BCUT2D eigenvalue weighted by atomic mass is 32.2. The van der Waals surface area contributed by atoms with Crippen LogP contribution in [0.1, 0.15) is 51.5 Å². The van der Waals surface area contributed by atoms with Gasteiger partial charge in [0.2, 0.25) is 10.0 Å². The highest BCUT2D eigenvalue weighted by Gasteiger charge is 2.21.